The number of anilines is 1. The zero-order valence-corrected chi connectivity index (χ0v) is 14.6. The molecule has 1 aliphatic carbocycles. The van der Waals surface area contributed by atoms with E-state index in [-0.39, 0.29) is 6.04 Å². The summed E-state index contributed by atoms with van der Waals surface area (Å²) in [4.78, 5) is 12.3. The molecule has 8 nitrogen and oxygen atoms in total. The first kappa shape index (κ1) is 15.3. The largest absolute Gasteiger partial charge is 0.390 e. The average molecular weight is 349 g/mol. The molecule has 1 aliphatic rings. The van der Waals surface area contributed by atoms with Gasteiger partial charge in [0, 0.05) is 36.4 Å². The van der Waals surface area contributed by atoms with Crippen LogP contribution in [0.5, 0.6) is 0 Å². The third-order valence-electron chi connectivity index (χ3n) is 5.06. The Hall–Kier alpha value is -3.00. The van der Waals surface area contributed by atoms with Crippen molar-refractivity contribution in [3.8, 4) is 11.1 Å². The van der Waals surface area contributed by atoms with E-state index in [1.807, 2.05) is 38.5 Å². The van der Waals surface area contributed by atoms with Crippen LogP contribution in [0, 0.1) is 0 Å². The maximum atomic E-state index is 9.84. The highest BCUT2D eigenvalue weighted by Crippen LogP contribution is 2.34. The Labute approximate surface area is 149 Å². The van der Waals surface area contributed by atoms with Crippen molar-refractivity contribution in [1.29, 1.82) is 0 Å². The van der Waals surface area contributed by atoms with Crippen LogP contribution in [0.2, 0.25) is 0 Å². The van der Waals surface area contributed by atoms with Crippen LogP contribution in [-0.4, -0.2) is 46.7 Å². The maximum absolute atomic E-state index is 9.84. The number of nitrogens with one attached hydrogen (secondary N) is 2. The van der Waals surface area contributed by atoms with Crippen molar-refractivity contribution in [3.63, 3.8) is 0 Å². The van der Waals surface area contributed by atoms with Crippen LogP contribution in [-0.2, 0) is 7.05 Å². The number of rotatable bonds is 3. The van der Waals surface area contributed by atoms with E-state index in [1.54, 1.807) is 4.68 Å². The molecule has 0 bridgehead atoms. The van der Waals surface area contributed by atoms with Gasteiger partial charge in [0.05, 0.1) is 11.1 Å². The molecule has 0 aliphatic heterocycles. The highest BCUT2D eigenvalue weighted by Gasteiger charge is 2.38. The van der Waals surface area contributed by atoms with Gasteiger partial charge >= 0.3 is 0 Å². The van der Waals surface area contributed by atoms with Crippen molar-refractivity contribution >= 4 is 28.0 Å². The maximum Gasteiger partial charge on any atom is 0.224 e. The predicted molar refractivity (Wildman–Crippen MR) is 98.7 cm³/mol. The summed E-state index contributed by atoms with van der Waals surface area (Å²) in [6.45, 7) is 1.85. The van der Waals surface area contributed by atoms with Crippen molar-refractivity contribution in [3.05, 3.63) is 30.6 Å². The fourth-order valence-corrected chi connectivity index (χ4v) is 3.70. The molecule has 0 spiro atoms. The molecule has 0 radical (unpaired) electrons. The number of aliphatic hydroxyl groups is 1. The lowest BCUT2D eigenvalue weighted by Crippen LogP contribution is -2.48. The van der Waals surface area contributed by atoms with Gasteiger partial charge in [-0.3, -0.25) is 0 Å². The third kappa shape index (κ3) is 2.41. The minimum Gasteiger partial charge on any atom is -0.390 e. The van der Waals surface area contributed by atoms with E-state index in [1.165, 1.54) is 0 Å². The van der Waals surface area contributed by atoms with Crippen LogP contribution in [0.4, 0.5) is 5.95 Å². The van der Waals surface area contributed by atoms with Gasteiger partial charge in [-0.25, -0.2) is 9.67 Å². The first-order valence-corrected chi connectivity index (χ1v) is 8.61. The summed E-state index contributed by atoms with van der Waals surface area (Å²) in [5.41, 5.74) is 4.17. The molecule has 0 saturated heterocycles. The second-order valence-electron chi connectivity index (χ2n) is 7.32. The van der Waals surface area contributed by atoms with E-state index < -0.39 is 5.60 Å². The highest BCUT2D eigenvalue weighted by atomic mass is 16.3. The van der Waals surface area contributed by atoms with E-state index in [2.05, 4.69) is 36.6 Å². The minimum absolute atomic E-state index is 0.219. The fourth-order valence-electron chi connectivity index (χ4n) is 3.70. The van der Waals surface area contributed by atoms with Gasteiger partial charge in [0.25, 0.3) is 0 Å². The quantitative estimate of drug-likeness (QED) is 0.524. The molecule has 8 heteroatoms. The summed E-state index contributed by atoms with van der Waals surface area (Å²) >= 11 is 0. The second kappa shape index (κ2) is 5.25. The zero-order valence-electron chi connectivity index (χ0n) is 14.6. The second-order valence-corrected chi connectivity index (χ2v) is 7.32. The minimum atomic E-state index is -0.569. The first-order chi connectivity index (χ1) is 12.5. The number of H-pyrrole nitrogens is 1. The summed E-state index contributed by atoms with van der Waals surface area (Å²) in [7, 11) is 1.88. The van der Waals surface area contributed by atoms with Gasteiger partial charge in [0.1, 0.15) is 11.2 Å². The lowest BCUT2D eigenvalue weighted by Gasteiger charge is -2.41. The predicted octanol–water partition coefficient (Wildman–Crippen LogP) is 2.23. The summed E-state index contributed by atoms with van der Waals surface area (Å²) in [5, 5.41) is 22.3. The molecule has 5 rings (SSSR count). The van der Waals surface area contributed by atoms with Crippen LogP contribution in [0.25, 0.3) is 33.2 Å². The number of aromatic nitrogens is 6. The summed E-state index contributed by atoms with van der Waals surface area (Å²) in [6.07, 6.45) is 5.20. The van der Waals surface area contributed by atoms with Crippen molar-refractivity contribution < 1.29 is 5.11 Å². The van der Waals surface area contributed by atoms with Crippen LogP contribution in [0.15, 0.2) is 30.6 Å². The molecule has 3 heterocycles. The Morgan fingerprint density at radius 2 is 2.19 bits per heavy atom. The highest BCUT2D eigenvalue weighted by molar-refractivity contribution is 5.95. The lowest BCUT2D eigenvalue weighted by molar-refractivity contribution is -0.0235. The molecule has 26 heavy (non-hydrogen) atoms. The molecule has 0 unspecified atom stereocenters. The van der Waals surface area contributed by atoms with Crippen LogP contribution in [0.1, 0.15) is 19.8 Å². The Kier molecular flexibility index (Phi) is 3.08. The number of hydrogen-bond donors (Lipinski definition) is 3. The summed E-state index contributed by atoms with van der Waals surface area (Å²) < 4.78 is 1.76. The van der Waals surface area contributed by atoms with Crippen LogP contribution >= 0.6 is 0 Å². The standard InChI is InChI=1S/C18H19N7O/c1-18(26)6-11(7-18)21-17-20-9-13-12(8-19-16(13)22-17)10-3-4-14-15(5-10)25(2)24-23-14/h3-5,8-9,11,26H,6-7H2,1-2H3,(H2,19,20,21,22)/t11-,18-. The monoisotopic (exact) mass is 349 g/mol. The molecule has 4 aromatic rings. The molecule has 1 aromatic carbocycles. The van der Waals surface area contributed by atoms with Gasteiger partial charge in [0.15, 0.2) is 0 Å². The van der Waals surface area contributed by atoms with E-state index in [0.717, 1.165) is 33.2 Å². The summed E-state index contributed by atoms with van der Waals surface area (Å²) in [6, 6.07) is 6.29. The van der Waals surface area contributed by atoms with Gasteiger partial charge in [-0.05, 0) is 37.5 Å². The van der Waals surface area contributed by atoms with Crippen molar-refractivity contribution in [2.24, 2.45) is 7.05 Å². The Balaban J connectivity index is 1.48. The van der Waals surface area contributed by atoms with E-state index in [9.17, 15) is 5.11 Å². The fraction of sp³-hybridized carbons (Fsp3) is 0.333. The van der Waals surface area contributed by atoms with Crippen molar-refractivity contribution in [1.82, 2.24) is 29.9 Å². The number of fused-ring (bicyclic) bond motifs is 2. The Morgan fingerprint density at radius 1 is 1.35 bits per heavy atom. The molecule has 1 fully saturated rings. The Bertz CT molecular complexity index is 1120. The van der Waals surface area contributed by atoms with Gasteiger partial charge < -0.3 is 15.4 Å². The number of benzene rings is 1. The molecule has 1 saturated carbocycles. The van der Waals surface area contributed by atoms with Crippen LogP contribution < -0.4 is 5.32 Å². The van der Waals surface area contributed by atoms with Gasteiger partial charge in [-0.1, -0.05) is 11.3 Å². The molecule has 0 atom stereocenters. The van der Waals surface area contributed by atoms with Gasteiger partial charge in [-0.15, -0.1) is 5.10 Å². The topological polar surface area (TPSA) is 105 Å². The SMILES string of the molecule is Cn1nnc2ccc(-c3c[nH]c4nc(N[C@H]5C[C@](C)(O)C5)ncc34)cc21. The van der Waals surface area contributed by atoms with Crippen LogP contribution in [0.3, 0.4) is 0 Å². The molecule has 3 aromatic heterocycles. The van der Waals surface area contributed by atoms with Gasteiger partial charge in [0.2, 0.25) is 5.95 Å². The number of aromatic amines is 1. The van der Waals surface area contributed by atoms with E-state index >= 15 is 0 Å². The smallest absolute Gasteiger partial charge is 0.224 e. The zero-order chi connectivity index (χ0) is 17.9. The molecule has 0 amide bonds. The number of hydrogen-bond acceptors (Lipinski definition) is 6. The molecular formula is C18H19N7O. The molecule has 132 valence electrons. The molecule has 3 N–H and O–H groups in total. The first-order valence-electron chi connectivity index (χ1n) is 8.61. The average Bonchev–Trinajstić information content (AvgIpc) is 3.16. The number of nitrogens with zero attached hydrogens (tertiary/aromatic N) is 5. The van der Waals surface area contributed by atoms with E-state index in [4.69, 9.17) is 0 Å². The van der Waals surface area contributed by atoms with Crippen molar-refractivity contribution in [2.75, 3.05) is 5.32 Å². The third-order valence-corrected chi connectivity index (χ3v) is 5.06. The van der Waals surface area contributed by atoms with Gasteiger partial charge in [-0.2, -0.15) is 4.98 Å². The van der Waals surface area contributed by atoms with Crippen molar-refractivity contribution in [2.45, 2.75) is 31.4 Å². The normalized spacial score (nSPS) is 22.7. The Morgan fingerprint density at radius 3 is 3.00 bits per heavy atom. The number of aryl methyl sites for hydroxylation is 1. The summed E-state index contributed by atoms with van der Waals surface area (Å²) in [5.74, 6) is 0.581. The lowest BCUT2D eigenvalue weighted by atomic mass is 9.77. The van der Waals surface area contributed by atoms with E-state index in [0.29, 0.717) is 18.8 Å². The molecular weight excluding hydrogens is 330 g/mol.